The first-order valence-corrected chi connectivity index (χ1v) is 7.31. The number of nitro benzene ring substituents is 1. The van der Waals surface area contributed by atoms with Gasteiger partial charge >= 0.3 is 0 Å². The lowest BCUT2D eigenvalue weighted by atomic mass is 9.97. The minimum atomic E-state index is -0.654. The van der Waals surface area contributed by atoms with Crippen molar-refractivity contribution in [2.45, 2.75) is 26.4 Å². The van der Waals surface area contributed by atoms with Crippen molar-refractivity contribution in [3.05, 3.63) is 40.0 Å². The normalized spacial score (nSPS) is 15.6. The summed E-state index contributed by atoms with van der Waals surface area (Å²) in [5, 5.41) is 29.2. The van der Waals surface area contributed by atoms with Crippen LogP contribution in [-0.4, -0.2) is 39.5 Å². The maximum atomic E-state index is 11.1. The van der Waals surface area contributed by atoms with E-state index in [-0.39, 0.29) is 18.8 Å². The van der Waals surface area contributed by atoms with Gasteiger partial charge in [0, 0.05) is 24.2 Å². The van der Waals surface area contributed by atoms with Gasteiger partial charge < -0.3 is 14.7 Å². The molecule has 0 unspecified atom stereocenters. The molecule has 0 bridgehead atoms. The summed E-state index contributed by atoms with van der Waals surface area (Å²) < 4.78 is 5.86. The molecule has 126 valence electrons. The quantitative estimate of drug-likeness (QED) is 0.298. The van der Waals surface area contributed by atoms with Gasteiger partial charge in [-0.25, -0.2) is 0 Å². The van der Waals surface area contributed by atoms with Crippen molar-refractivity contribution < 1.29 is 14.8 Å². The van der Waals surface area contributed by atoms with Crippen LogP contribution in [0.1, 0.15) is 26.3 Å². The van der Waals surface area contributed by atoms with Crippen LogP contribution in [0.4, 0.5) is 5.69 Å². The number of hydrogen-bond acceptors (Lipinski definition) is 6. The van der Waals surface area contributed by atoms with Gasteiger partial charge in [-0.05, 0) is 32.9 Å². The van der Waals surface area contributed by atoms with Gasteiger partial charge in [0.05, 0.1) is 17.2 Å². The summed E-state index contributed by atoms with van der Waals surface area (Å²) in [4.78, 5) is 16.0. The molecule has 0 amide bonds. The highest BCUT2D eigenvalue weighted by atomic mass is 16.6. The van der Waals surface area contributed by atoms with E-state index >= 15 is 0 Å². The molecule has 0 spiro atoms. The summed E-state index contributed by atoms with van der Waals surface area (Å²) in [6, 6.07) is 4.35. The topological polar surface area (TPSA) is 112 Å². The largest absolute Gasteiger partial charge is 0.483 e. The van der Waals surface area contributed by atoms with E-state index in [4.69, 9.17) is 10.00 Å². The number of aliphatic imine (C=N–C) groups is 1. The van der Waals surface area contributed by atoms with Crippen LogP contribution in [0.25, 0.3) is 5.70 Å². The number of nitriles is 1. The average molecular weight is 330 g/mol. The molecular weight excluding hydrogens is 312 g/mol. The Labute approximate surface area is 139 Å². The minimum Gasteiger partial charge on any atom is -0.483 e. The molecule has 1 aliphatic heterocycles. The Kier molecular flexibility index (Phi) is 4.85. The molecule has 1 aliphatic rings. The predicted octanol–water partition coefficient (Wildman–Crippen LogP) is 2.30. The highest BCUT2D eigenvalue weighted by molar-refractivity contribution is 5.91. The van der Waals surface area contributed by atoms with Crippen molar-refractivity contribution >= 4 is 17.2 Å². The third-order valence-electron chi connectivity index (χ3n) is 3.52. The first kappa shape index (κ1) is 17.4. The molecule has 1 N–H and O–H groups in total. The first-order chi connectivity index (χ1) is 11.3. The standard InChI is InChI=1S/C16H18N4O4/c1-11(18-10-17)19(6-7-21)14-9-16(2,3)24-15-5-4-12(20(22)23)8-13(14)15/h4-5,8-9,21H,6-7H2,1-3H3. The molecule has 1 heterocycles. The van der Waals surface area contributed by atoms with E-state index in [0.29, 0.717) is 22.8 Å². The number of nitro groups is 1. The van der Waals surface area contributed by atoms with E-state index in [9.17, 15) is 15.2 Å². The number of benzene rings is 1. The fraction of sp³-hybridized carbons (Fsp3) is 0.375. The van der Waals surface area contributed by atoms with Crippen LogP contribution in [0.2, 0.25) is 0 Å². The number of nitrogens with zero attached hydrogens (tertiary/aromatic N) is 4. The molecule has 8 heteroatoms. The summed E-state index contributed by atoms with van der Waals surface area (Å²) in [6.07, 6.45) is 3.51. The summed E-state index contributed by atoms with van der Waals surface area (Å²) in [5.41, 5.74) is 0.403. The molecule has 0 fully saturated rings. The Balaban J connectivity index is 2.63. The van der Waals surface area contributed by atoms with E-state index in [1.807, 2.05) is 13.8 Å². The van der Waals surface area contributed by atoms with Crippen molar-refractivity contribution in [2.75, 3.05) is 13.2 Å². The second-order valence-corrected chi connectivity index (χ2v) is 5.81. The minimum absolute atomic E-state index is 0.0678. The van der Waals surface area contributed by atoms with Crippen LogP contribution in [0, 0.1) is 21.6 Å². The average Bonchev–Trinajstić information content (AvgIpc) is 2.50. The summed E-state index contributed by atoms with van der Waals surface area (Å²) in [7, 11) is 0. The van der Waals surface area contributed by atoms with Gasteiger partial charge in [0.15, 0.2) is 0 Å². The third-order valence-corrected chi connectivity index (χ3v) is 3.52. The molecule has 0 saturated carbocycles. The number of ether oxygens (including phenoxy) is 1. The maximum Gasteiger partial charge on any atom is 0.270 e. The first-order valence-electron chi connectivity index (χ1n) is 7.31. The molecule has 0 aromatic heterocycles. The molecule has 1 aromatic rings. The van der Waals surface area contributed by atoms with Crippen LogP contribution in [0.5, 0.6) is 5.75 Å². The van der Waals surface area contributed by atoms with Crippen LogP contribution in [0.3, 0.4) is 0 Å². The second-order valence-electron chi connectivity index (χ2n) is 5.81. The van der Waals surface area contributed by atoms with Crippen LogP contribution >= 0.6 is 0 Å². The number of fused-ring (bicyclic) bond motifs is 1. The Morgan fingerprint density at radius 1 is 1.54 bits per heavy atom. The van der Waals surface area contributed by atoms with Gasteiger partial charge in [-0.15, -0.1) is 0 Å². The molecule has 0 radical (unpaired) electrons. The maximum absolute atomic E-state index is 11.1. The van der Waals surface area contributed by atoms with Crippen molar-refractivity contribution in [2.24, 2.45) is 4.99 Å². The van der Waals surface area contributed by atoms with Crippen LogP contribution in [-0.2, 0) is 0 Å². The van der Waals surface area contributed by atoms with Crippen LogP contribution in [0.15, 0.2) is 29.3 Å². The molecule has 2 rings (SSSR count). The summed E-state index contributed by atoms with van der Waals surface area (Å²) in [5.74, 6) is 0.878. The molecule has 0 atom stereocenters. The second kappa shape index (κ2) is 6.68. The number of amidine groups is 1. The third kappa shape index (κ3) is 3.52. The fourth-order valence-electron chi connectivity index (χ4n) is 2.55. The number of aliphatic hydroxyl groups excluding tert-OH is 1. The van der Waals surface area contributed by atoms with Gasteiger partial charge in [0.25, 0.3) is 5.69 Å². The molecule has 1 aromatic carbocycles. The van der Waals surface area contributed by atoms with E-state index in [1.54, 1.807) is 30.2 Å². The number of non-ortho nitro benzene ring substituents is 1. The lowest BCUT2D eigenvalue weighted by Gasteiger charge is -2.35. The smallest absolute Gasteiger partial charge is 0.270 e. The zero-order chi connectivity index (χ0) is 17.9. The Hall–Kier alpha value is -2.92. The lowest BCUT2D eigenvalue weighted by molar-refractivity contribution is -0.384. The predicted molar refractivity (Wildman–Crippen MR) is 88.3 cm³/mol. The van der Waals surface area contributed by atoms with E-state index < -0.39 is 10.5 Å². The highest BCUT2D eigenvalue weighted by Gasteiger charge is 2.31. The highest BCUT2D eigenvalue weighted by Crippen LogP contribution is 2.39. The summed E-state index contributed by atoms with van der Waals surface area (Å²) in [6.45, 7) is 5.37. The van der Waals surface area contributed by atoms with Gasteiger partial charge in [0.2, 0.25) is 6.19 Å². The van der Waals surface area contributed by atoms with Gasteiger partial charge in [-0.2, -0.15) is 10.3 Å². The monoisotopic (exact) mass is 330 g/mol. The van der Waals surface area contributed by atoms with Crippen molar-refractivity contribution in [1.29, 1.82) is 5.26 Å². The molecule has 0 aliphatic carbocycles. The van der Waals surface area contributed by atoms with Crippen molar-refractivity contribution in [3.8, 4) is 11.9 Å². The number of aliphatic hydroxyl groups is 1. The Bertz CT molecular complexity index is 762. The molecule has 8 nitrogen and oxygen atoms in total. The summed E-state index contributed by atoms with van der Waals surface area (Å²) >= 11 is 0. The zero-order valence-electron chi connectivity index (χ0n) is 13.7. The fourth-order valence-corrected chi connectivity index (χ4v) is 2.55. The Morgan fingerprint density at radius 3 is 2.83 bits per heavy atom. The van der Waals surface area contributed by atoms with Crippen LogP contribution < -0.4 is 4.74 Å². The Morgan fingerprint density at radius 2 is 2.25 bits per heavy atom. The van der Waals surface area contributed by atoms with Crippen molar-refractivity contribution in [1.82, 2.24) is 4.90 Å². The molecule has 24 heavy (non-hydrogen) atoms. The number of rotatable bonds is 4. The SMILES string of the molecule is CC(=NC#N)N(CCO)C1=CC(C)(C)Oc2ccc([N+](=O)[O-])cc21. The van der Waals surface area contributed by atoms with Gasteiger partial charge in [-0.1, -0.05) is 0 Å². The number of hydrogen-bond donors (Lipinski definition) is 1. The lowest BCUT2D eigenvalue weighted by Crippen LogP contribution is -2.36. The zero-order valence-corrected chi connectivity index (χ0v) is 13.7. The van der Waals surface area contributed by atoms with Gasteiger partial charge in [-0.3, -0.25) is 10.1 Å². The van der Waals surface area contributed by atoms with Crippen molar-refractivity contribution in [3.63, 3.8) is 0 Å². The molecular formula is C16H18N4O4. The van der Waals surface area contributed by atoms with Gasteiger partial charge in [0.1, 0.15) is 17.2 Å². The van der Waals surface area contributed by atoms with E-state index in [2.05, 4.69) is 4.99 Å². The van der Waals surface area contributed by atoms with E-state index in [0.717, 1.165) is 0 Å². The van der Waals surface area contributed by atoms with E-state index in [1.165, 1.54) is 12.1 Å². The molecule has 0 saturated heterocycles.